The number of hydrogen-bond donors (Lipinski definition) is 3. The summed E-state index contributed by atoms with van der Waals surface area (Å²) in [6.07, 6.45) is 6.08. The molecule has 2 aromatic carbocycles. The predicted molar refractivity (Wildman–Crippen MR) is 158 cm³/mol. The normalized spacial score (nSPS) is 17.5. The Balaban J connectivity index is 1.48. The van der Waals surface area contributed by atoms with E-state index >= 15 is 0 Å². The second-order valence-electron chi connectivity index (χ2n) is 11.1. The Morgan fingerprint density at radius 2 is 1.68 bits per heavy atom. The van der Waals surface area contributed by atoms with Gasteiger partial charge in [0.25, 0.3) is 5.91 Å². The lowest BCUT2D eigenvalue weighted by atomic mass is 9.84. The molecule has 212 valence electrons. The number of rotatable bonds is 8. The zero-order valence-electron chi connectivity index (χ0n) is 23.4. The van der Waals surface area contributed by atoms with Crippen LogP contribution in [0.25, 0.3) is 22.2 Å². The molecule has 3 N–H and O–H groups in total. The monoisotopic (exact) mass is 543 g/mol. The number of nitrogens with zero attached hydrogens (tertiary/aromatic N) is 3. The van der Waals surface area contributed by atoms with E-state index in [1.807, 2.05) is 42.5 Å². The molecule has 0 spiro atoms. The Hall–Kier alpha value is -3.49. The molecule has 5 rings (SSSR count). The second kappa shape index (κ2) is 13.2. The highest BCUT2D eigenvalue weighted by Gasteiger charge is 2.28. The molecule has 1 saturated heterocycles. The van der Waals surface area contributed by atoms with E-state index in [4.69, 9.17) is 10.1 Å². The van der Waals surface area contributed by atoms with Gasteiger partial charge in [-0.05, 0) is 31.7 Å². The first-order valence-electron chi connectivity index (χ1n) is 14.7. The topological polar surface area (TPSA) is 97.8 Å². The second-order valence-corrected chi connectivity index (χ2v) is 11.1. The van der Waals surface area contributed by atoms with Gasteiger partial charge >= 0.3 is 6.03 Å². The number of para-hydroxylation sites is 1. The number of fused-ring (bicyclic) bond motifs is 1. The summed E-state index contributed by atoms with van der Waals surface area (Å²) in [7, 11) is 0. The first-order valence-corrected chi connectivity index (χ1v) is 14.7. The highest BCUT2D eigenvalue weighted by molar-refractivity contribution is 6.09. The zero-order chi connectivity index (χ0) is 27.9. The molecule has 2 heterocycles. The fraction of sp³-hybridized carbons (Fsp3) is 0.469. The van der Waals surface area contributed by atoms with E-state index in [1.54, 1.807) is 4.90 Å². The van der Waals surface area contributed by atoms with Crippen LogP contribution in [0.5, 0.6) is 0 Å². The molecule has 1 aromatic heterocycles. The summed E-state index contributed by atoms with van der Waals surface area (Å²) >= 11 is 0. The van der Waals surface area contributed by atoms with E-state index in [-0.39, 0.29) is 31.1 Å². The lowest BCUT2D eigenvalue weighted by Gasteiger charge is -2.35. The summed E-state index contributed by atoms with van der Waals surface area (Å²) < 4.78 is 0. The maximum atomic E-state index is 14.2. The summed E-state index contributed by atoms with van der Waals surface area (Å²) in [6, 6.07) is 18.0. The summed E-state index contributed by atoms with van der Waals surface area (Å²) in [6.45, 7) is 5.43. The Labute approximate surface area is 236 Å². The van der Waals surface area contributed by atoms with Crippen molar-refractivity contribution in [1.29, 1.82) is 0 Å². The van der Waals surface area contributed by atoms with Crippen molar-refractivity contribution in [3.05, 3.63) is 65.7 Å². The number of aliphatic hydroxyl groups excluding tert-OH is 1. The van der Waals surface area contributed by atoms with Gasteiger partial charge in [0.05, 0.1) is 23.4 Å². The van der Waals surface area contributed by atoms with Crippen LogP contribution in [-0.2, 0) is 6.54 Å². The molecule has 2 aliphatic rings. The van der Waals surface area contributed by atoms with Gasteiger partial charge in [-0.25, -0.2) is 9.78 Å². The third kappa shape index (κ3) is 6.45. The third-order valence-electron chi connectivity index (χ3n) is 8.41. The number of urea groups is 1. The van der Waals surface area contributed by atoms with Crippen molar-refractivity contribution in [3.8, 4) is 11.3 Å². The van der Waals surface area contributed by atoms with Crippen LogP contribution in [-0.4, -0.2) is 77.2 Å². The number of aliphatic hydroxyl groups is 1. The molecular weight excluding hydrogens is 502 g/mol. The Morgan fingerprint density at radius 1 is 0.975 bits per heavy atom. The molecule has 0 radical (unpaired) electrons. The number of amides is 3. The Kier molecular flexibility index (Phi) is 9.29. The van der Waals surface area contributed by atoms with Crippen molar-refractivity contribution in [2.45, 2.75) is 51.6 Å². The predicted octanol–water partition coefficient (Wildman–Crippen LogP) is 4.42. The van der Waals surface area contributed by atoms with Crippen LogP contribution >= 0.6 is 0 Å². The SMILES string of the molecule is C[C@H](NC(=O)c1c(CN2CCN(C(=O)NCCO)CC2)c(-c2ccccc2)nc2ccccc12)C1CCCCC1. The van der Waals surface area contributed by atoms with E-state index in [0.29, 0.717) is 44.2 Å². The fourth-order valence-corrected chi connectivity index (χ4v) is 6.14. The molecule has 3 amide bonds. The van der Waals surface area contributed by atoms with Crippen molar-refractivity contribution in [3.63, 3.8) is 0 Å². The molecule has 8 nitrogen and oxygen atoms in total. The third-order valence-corrected chi connectivity index (χ3v) is 8.41. The molecule has 1 aliphatic heterocycles. The minimum atomic E-state index is -0.150. The van der Waals surface area contributed by atoms with Gasteiger partial charge in [0.1, 0.15) is 0 Å². The van der Waals surface area contributed by atoms with Crippen molar-refractivity contribution in [1.82, 2.24) is 25.4 Å². The molecule has 2 fully saturated rings. The highest BCUT2D eigenvalue weighted by atomic mass is 16.3. The average Bonchev–Trinajstić information content (AvgIpc) is 3.00. The molecule has 40 heavy (non-hydrogen) atoms. The maximum Gasteiger partial charge on any atom is 0.317 e. The molecule has 0 unspecified atom stereocenters. The van der Waals surface area contributed by atoms with Gasteiger partial charge in [0, 0.05) is 61.8 Å². The standard InChI is InChI=1S/C32H41N5O3/c1-23(24-10-4-2-5-11-24)34-31(39)29-26-14-8-9-15-28(26)35-30(25-12-6-3-7-13-25)27(29)22-36-17-19-37(20-18-36)32(40)33-16-21-38/h3,6-9,12-15,23-24,38H,2,4-5,10-11,16-22H2,1H3,(H,33,40)(H,34,39)/t23-/m0/s1. The molecule has 0 bridgehead atoms. The Bertz CT molecular complexity index is 1300. The molecule has 1 atom stereocenters. The van der Waals surface area contributed by atoms with E-state index < -0.39 is 0 Å². The molecular formula is C32H41N5O3. The summed E-state index contributed by atoms with van der Waals surface area (Å²) in [5.41, 5.74) is 4.26. The van der Waals surface area contributed by atoms with Crippen LogP contribution in [0.2, 0.25) is 0 Å². The average molecular weight is 544 g/mol. The van der Waals surface area contributed by atoms with Crippen molar-refractivity contribution >= 4 is 22.8 Å². The van der Waals surface area contributed by atoms with E-state index in [0.717, 1.165) is 40.6 Å². The van der Waals surface area contributed by atoms with Crippen LogP contribution in [0, 0.1) is 5.92 Å². The Morgan fingerprint density at radius 3 is 2.40 bits per heavy atom. The number of nitrogens with one attached hydrogen (secondary N) is 2. The van der Waals surface area contributed by atoms with Crippen LogP contribution < -0.4 is 10.6 Å². The molecule has 1 saturated carbocycles. The zero-order valence-corrected chi connectivity index (χ0v) is 23.4. The van der Waals surface area contributed by atoms with Gasteiger partial charge in [-0.15, -0.1) is 0 Å². The first kappa shape index (κ1) is 28.1. The van der Waals surface area contributed by atoms with Gasteiger partial charge in [0.2, 0.25) is 0 Å². The minimum absolute atomic E-state index is 0.0362. The summed E-state index contributed by atoms with van der Waals surface area (Å²) in [5.74, 6) is 0.471. The van der Waals surface area contributed by atoms with Crippen molar-refractivity contribution in [2.24, 2.45) is 5.92 Å². The lowest BCUT2D eigenvalue weighted by molar-refractivity contribution is 0.0917. The first-order chi connectivity index (χ1) is 19.5. The number of benzene rings is 2. The van der Waals surface area contributed by atoms with Crippen molar-refractivity contribution in [2.75, 3.05) is 39.3 Å². The van der Waals surface area contributed by atoms with E-state index in [2.05, 4.69) is 34.6 Å². The smallest absolute Gasteiger partial charge is 0.317 e. The quantitative estimate of drug-likeness (QED) is 0.391. The van der Waals surface area contributed by atoms with Gasteiger partial charge in [0.15, 0.2) is 0 Å². The fourth-order valence-electron chi connectivity index (χ4n) is 6.14. The van der Waals surface area contributed by atoms with Crippen LogP contribution in [0.4, 0.5) is 4.79 Å². The van der Waals surface area contributed by atoms with Gasteiger partial charge in [-0.1, -0.05) is 67.8 Å². The van der Waals surface area contributed by atoms with Gasteiger partial charge in [-0.3, -0.25) is 9.69 Å². The number of aromatic nitrogens is 1. The highest BCUT2D eigenvalue weighted by Crippen LogP contribution is 2.32. The maximum absolute atomic E-state index is 14.2. The number of carbonyl (C=O) groups excluding carboxylic acids is 2. The van der Waals surface area contributed by atoms with Crippen LogP contribution in [0.3, 0.4) is 0 Å². The van der Waals surface area contributed by atoms with Gasteiger partial charge in [-0.2, -0.15) is 0 Å². The van der Waals surface area contributed by atoms with E-state index in [1.165, 1.54) is 19.3 Å². The van der Waals surface area contributed by atoms with Crippen molar-refractivity contribution < 1.29 is 14.7 Å². The van der Waals surface area contributed by atoms with E-state index in [9.17, 15) is 9.59 Å². The number of carbonyl (C=O) groups is 2. The van der Waals surface area contributed by atoms with Crippen LogP contribution in [0.15, 0.2) is 54.6 Å². The largest absolute Gasteiger partial charge is 0.395 e. The number of hydrogen-bond acceptors (Lipinski definition) is 5. The van der Waals surface area contributed by atoms with Gasteiger partial charge < -0.3 is 20.6 Å². The molecule has 3 aromatic rings. The summed E-state index contributed by atoms with van der Waals surface area (Å²) in [5, 5.41) is 16.0. The lowest BCUT2D eigenvalue weighted by Crippen LogP contribution is -2.52. The van der Waals surface area contributed by atoms with Crippen LogP contribution in [0.1, 0.15) is 54.9 Å². The number of pyridine rings is 1. The molecule has 8 heteroatoms. The minimum Gasteiger partial charge on any atom is -0.395 e. The molecule has 1 aliphatic carbocycles. The summed E-state index contributed by atoms with van der Waals surface area (Å²) in [4.78, 5) is 35.7. The number of piperazine rings is 1.